The van der Waals surface area contributed by atoms with E-state index in [1.807, 2.05) is 0 Å². The molecule has 1 saturated heterocycles. The van der Waals surface area contributed by atoms with Crippen molar-refractivity contribution < 1.29 is 14.9 Å². The van der Waals surface area contributed by atoms with Crippen molar-refractivity contribution in [3.05, 3.63) is 30.6 Å². The summed E-state index contributed by atoms with van der Waals surface area (Å²) in [6, 6.07) is 0. The van der Waals surface area contributed by atoms with Crippen LogP contribution in [-0.2, 0) is 4.74 Å². The van der Waals surface area contributed by atoms with Gasteiger partial charge in [0.2, 0.25) is 0 Å². The molecule has 0 saturated carbocycles. The third kappa shape index (κ3) is 2.44. The molecule has 8 heteroatoms. The van der Waals surface area contributed by atoms with Crippen molar-refractivity contribution in [3.63, 3.8) is 0 Å². The summed E-state index contributed by atoms with van der Waals surface area (Å²) in [7, 11) is 0. The molecule has 1 aliphatic heterocycles. The molecule has 94 valence electrons. The molecule has 0 amide bonds. The Morgan fingerprint density at radius 2 is 2.29 bits per heavy atom. The van der Waals surface area contributed by atoms with E-state index in [1.54, 1.807) is 22.6 Å². The summed E-state index contributed by atoms with van der Waals surface area (Å²) in [6.45, 7) is -0.219. The zero-order chi connectivity index (χ0) is 12.6. The number of rotatable bonds is 2. The molecule has 1 unspecified atom stereocenters. The van der Waals surface area contributed by atoms with Gasteiger partial charge in [0.15, 0.2) is 6.23 Å². The van der Waals surface area contributed by atoms with Gasteiger partial charge in [-0.05, 0) is 22.6 Å². The second-order valence-corrected chi connectivity index (χ2v) is 4.94. The summed E-state index contributed by atoms with van der Waals surface area (Å²) < 4.78 is 6.78. The lowest BCUT2D eigenvalue weighted by Crippen LogP contribution is -2.36. The maximum absolute atomic E-state index is 11.6. The van der Waals surface area contributed by atoms with Crippen molar-refractivity contribution in [1.29, 1.82) is 0 Å². The number of aliphatic hydroxyl groups excluding tert-OH is 2. The van der Waals surface area contributed by atoms with E-state index >= 15 is 0 Å². The first kappa shape index (κ1) is 12.7. The topological polar surface area (TPSA) is 105 Å². The van der Waals surface area contributed by atoms with Crippen molar-refractivity contribution in [2.24, 2.45) is 0 Å². The van der Waals surface area contributed by atoms with Gasteiger partial charge < -0.3 is 14.9 Å². The van der Waals surface area contributed by atoms with Gasteiger partial charge >= 0.3 is 5.69 Å². The Kier molecular flexibility index (Phi) is 3.66. The van der Waals surface area contributed by atoms with E-state index in [4.69, 9.17) is 9.84 Å². The molecule has 1 aliphatic rings. The summed E-state index contributed by atoms with van der Waals surface area (Å²) in [5.74, 6) is 0. The number of ether oxygens (including phenoxy) is 1. The highest BCUT2D eigenvalue weighted by Crippen LogP contribution is 2.27. The van der Waals surface area contributed by atoms with Crippen LogP contribution in [0.2, 0.25) is 0 Å². The van der Waals surface area contributed by atoms with Crippen LogP contribution in [-0.4, -0.2) is 38.6 Å². The van der Waals surface area contributed by atoms with Crippen LogP contribution in [0.3, 0.4) is 0 Å². The number of nitrogens with zero attached hydrogens (tertiary/aromatic N) is 1. The van der Waals surface area contributed by atoms with Gasteiger partial charge in [-0.3, -0.25) is 14.3 Å². The van der Waals surface area contributed by atoms with Gasteiger partial charge in [0.05, 0.1) is 16.3 Å². The fraction of sp³-hybridized carbons (Fsp3) is 0.556. The maximum Gasteiger partial charge on any atom is 0.330 e. The lowest BCUT2D eigenvalue weighted by atomic mass is 10.2. The number of aliphatic hydroxyl groups is 2. The Morgan fingerprint density at radius 1 is 1.59 bits per heavy atom. The van der Waals surface area contributed by atoms with Crippen LogP contribution in [0.25, 0.3) is 0 Å². The van der Waals surface area contributed by atoms with E-state index in [9.17, 15) is 14.7 Å². The van der Waals surface area contributed by atoms with Gasteiger partial charge in [0.25, 0.3) is 5.56 Å². The minimum absolute atomic E-state index is 0.219. The van der Waals surface area contributed by atoms with Gasteiger partial charge in [0, 0.05) is 12.6 Å². The van der Waals surface area contributed by atoms with Crippen LogP contribution in [0.4, 0.5) is 0 Å². The lowest BCUT2D eigenvalue weighted by Gasteiger charge is -2.17. The Hall–Kier alpha value is -0.710. The van der Waals surface area contributed by atoms with E-state index < -0.39 is 29.7 Å². The van der Waals surface area contributed by atoms with Crippen molar-refractivity contribution in [2.45, 2.75) is 24.9 Å². The number of halogens is 1. The van der Waals surface area contributed by atoms with Gasteiger partial charge in [-0.15, -0.1) is 0 Å². The minimum Gasteiger partial charge on any atom is -0.394 e. The van der Waals surface area contributed by atoms with Crippen LogP contribution in [0.1, 0.15) is 12.6 Å². The monoisotopic (exact) mass is 354 g/mol. The van der Waals surface area contributed by atoms with Crippen molar-refractivity contribution in [1.82, 2.24) is 9.55 Å². The molecule has 1 aromatic rings. The van der Waals surface area contributed by atoms with E-state index in [1.165, 1.54) is 6.20 Å². The molecule has 17 heavy (non-hydrogen) atoms. The molecular formula is C9H11IN2O5. The maximum atomic E-state index is 11.6. The Morgan fingerprint density at radius 3 is 2.88 bits per heavy atom. The Bertz CT molecular complexity index is 525. The third-order valence-electron chi connectivity index (χ3n) is 2.57. The predicted molar refractivity (Wildman–Crippen MR) is 65.7 cm³/mol. The summed E-state index contributed by atoms with van der Waals surface area (Å²) >= 11 is 1.78. The molecule has 0 spiro atoms. The average molecular weight is 354 g/mol. The quantitative estimate of drug-likeness (QED) is 0.578. The molecule has 2 rings (SSSR count). The summed E-state index contributed by atoms with van der Waals surface area (Å²) in [5.41, 5.74) is -1.11. The number of aromatic amines is 1. The highest BCUT2D eigenvalue weighted by atomic mass is 127. The SMILES string of the molecule is O=c1[nH]c(=O)n([C@H]2O[C@@H](CO)CC2O)cc1I. The zero-order valence-electron chi connectivity index (χ0n) is 8.67. The number of nitrogens with one attached hydrogen (secondary N) is 1. The first-order valence-corrected chi connectivity index (χ1v) is 6.06. The standard InChI is InChI=1S/C9H11IN2O5/c10-5-2-12(9(16)11-7(5)15)8-6(14)1-4(3-13)17-8/h2,4,6,8,13-14H,1,3H2,(H,11,15,16)/t4-,6?,8+/m1/s1. The molecule has 0 aromatic carbocycles. The van der Waals surface area contributed by atoms with Crippen LogP contribution < -0.4 is 11.2 Å². The Labute approximate surface area is 109 Å². The normalized spacial score (nSPS) is 28.5. The Balaban J connectivity index is 2.38. The van der Waals surface area contributed by atoms with E-state index in [2.05, 4.69) is 4.98 Å². The first-order valence-electron chi connectivity index (χ1n) is 4.98. The molecule has 0 radical (unpaired) electrons. The molecule has 3 N–H and O–H groups in total. The van der Waals surface area contributed by atoms with Crippen molar-refractivity contribution in [3.8, 4) is 0 Å². The number of hydrogen-bond acceptors (Lipinski definition) is 5. The predicted octanol–water partition coefficient (Wildman–Crippen LogP) is -1.22. The third-order valence-corrected chi connectivity index (χ3v) is 3.34. The first-order chi connectivity index (χ1) is 8.02. The van der Waals surface area contributed by atoms with Gasteiger partial charge in [0.1, 0.15) is 6.10 Å². The molecule has 3 atom stereocenters. The summed E-state index contributed by atoms with van der Waals surface area (Å²) in [6.07, 6.45) is -0.665. The van der Waals surface area contributed by atoms with E-state index in [0.29, 0.717) is 3.57 Å². The van der Waals surface area contributed by atoms with E-state index in [-0.39, 0.29) is 13.0 Å². The largest absolute Gasteiger partial charge is 0.394 e. The van der Waals surface area contributed by atoms with Crippen molar-refractivity contribution in [2.75, 3.05) is 6.61 Å². The molecule has 1 fully saturated rings. The fourth-order valence-electron chi connectivity index (χ4n) is 1.75. The lowest BCUT2D eigenvalue weighted by molar-refractivity contribution is -0.0531. The minimum atomic E-state index is -0.883. The average Bonchev–Trinajstić information content (AvgIpc) is 2.65. The van der Waals surface area contributed by atoms with Crippen molar-refractivity contribution >= 4 is 22.6 Å². The van der Waals surface area contributed by atoms with Crippen LogP contribution in [0.15, 0.2) is 15.8 Å². The van der Waals surface area contributed by atoms with Crippen LogP contribution in [0.5, 0.6) is 0 Å². The van der Waals surface area contributed by atoms with Crippen LogP contribution in [0, 0.1) is 3.57 Å². The number of aromatic nitrogens is 2. The highest BCUT2D eigenvalue weighted by Gasteiger charge is 2.35. The molecule has 2 heterocycles. The van der Waals surface area contributed by atoms with Gasteiger partial charge in [-0.2, -0.15) is 0 Å². The molecular weight excluding hydrogens is 343 g/mol. The van der Waals surface area contributed by atoms with Gasteiger partial charge in [-0.1, -0.05) is 0 Å². The zero-order valence-corrected chi connectivity index (χ0v) is 10.8. The fourth-order valence-corrected chi connectivity index (χ4v) is 2.18. The molecule has 0 aliphatic carbocycles. The smallest absolute Gasteiger partial charge is 0.330 e. The summed E-state index contributed by atoms with van der Waals surface area (Å²) in [5, 5.41) is 18.7. The molecule has 7 nitrogen and oxygen atoms in total. The summed E-state index contributed by atoms with van der Waals surface area (Å²) in [4.78, 5) is 24.9. The molecule has 1 aromatic heterocycles. The van der Waals surface area contributed by atoms with E-state index in [0.717, 1.165) is 4.57 Å². The second kappa shape index (κ2) is 4.88. The number of hydrogen-bond donors (Lipinski definition) is 3. The van der Waals surface area contributed by atoms with Crippen LogP contribution >= 0.6 is 22.6 Å². The highest BCUT2D eigenvalue weighted by molar-refractivity contribution is 14.1. The van der Waals surface area contributed by atoms with Gasteiger partial charge in [-0.25, -0.2) is 4.79 Å². The number of H-pyrrole nitrogens is 1. The molecule has 0 bridgehead atoms. The second-order valence-electron chi connectivity index (χ2n) is 3.78.